The fourth-order valence-electron chi connectivity index (χ4n) is 7.89. The lowest BCUT2D eigenvalue weighted by molar-refractivity contribution is 0.582. The largest absolute Gasteiger partial charge is 0.310 e. The van der Waals surface area contributed by atoms with Gasteiger partial charge >= 0.3 is 7.44 Å². The molecule has 0 aromatic heterocycles. The molecular formula is C45H36N3OP. The number of hydrogen-bond donors (Lipinski definition) is 0. The Labute approximate surface area is 294 Å². The molecule has 0 spiro atoms. The van der Waals surface area contributed by atoms with E-state index in [2.05, 4.69) is 131 Å². The maximum atomic E-state index is 16.2. The summed E-state index contributed by atoms with van der Waals surface area (Å²) in [7, 11) is -3.49. The maximum Gasteiger partial charge on any atom is 0.301 e. The van der Waals surface area contributed by atoms with E-state index >= 15 is 4.57 Å². The van der Waals surface area contributed by atoms with Gasteiger partial charge in [0.15, 0.2) is 0 Å². The lowest BCUT2D eigenvalue weighted by Crippen LogP contribution is -2.26. The van der Waals surface area contributed by atoms with Crippen LogP contribution in [-0.4, -0.2) is 0 Å². The highest BCUT2D eigenvalue weighted by molar-refractivity contribution is 7.76. The van der Waals surface area contributed by atoms with Crippen LogP contribution in [0.2, 0.25) is 0 Å². The standard InChI is InChI=1S/C45H36N3OP/c1-45(2)39-27-16-15-26-38(39)44-40(45)28-17-29-42(44)46(33-18-7-3-8-19-33)36-30-31-41-43(32-36)48(35-22-11-5-12-23-35)50(49,37-24-13-6-14-25-37)47(41)34-20-9-4-10-21-34/h3-32H,1-2H3. The summed E-state index contributed by atoms with van der Waals surface area (Å²) >= 11 is 0. The Balaban J connectivity index is 1.32. The van der Waals surface area contributed by atoms with Gasteiger partial charge in [-0.2, -0.15) is 0 Å². The molecule has 50 heavy (non-hydrogen) atoms. The van der Waals surface area contributed by atoms with Crippen molar-refractivity contribution in [3.05, 3.63) is 193 Å². The summed E-state index contributed by atoms with van der Waals surface area (Å²) in [5.41, 5.74) is 11.7. The molecule has 0 fully saturated rings. The van der Waals surface area contributed by atoms with Crippen LogP contribution >= 0.6 is 7.44 Å². The predicted molar refractivity (Wildman–Crippen MR) is 210 cm³/mol. The summed E-state index contributed by atoms with van der Waals surface area (Å²) in [4.78, 5) is 2.36. The van der Waals surface area contributed by atoms with Crippen molar-refractivity contribution in [1.82, 2.24) is 0 Å². The minimum Gasteiger partial charge on any atom is -0.310 e. The summed E-state index contributed by atoms with van der Waals surface area (Å²) in [5.74, 6) is 0. The Morgan fingerprint density at radius 1 is 0.500 bits per heavy atom. The number of benzene rings is 7. The van der Waals surface area contributed by atoms with Crippen molar-refractivity contribution in [2.75, 3.05) is 14.2 Å². The maximum absolute atomic E-state index is 16.2. The lowest BCUT2D eigenvalue weighted by atomic mass is 9.82. The highest BCUT2D eigenvalue weighted by atomic mass is 31.2. The van der Waals surface area contributed by atoms with Gasteiger partial charge in [-0.25, -0.2) is 0 Å². The molecular weight excluding hydrogens is 629 g/mol. The fourth-order valence-corrected chi connectivity index (χ4v) is 10.9. The van der Waals surface area contributed by atoms with Gasteiger partial charge < -0.3 is 4.90 Å². The molecule has 1 heterocycles. The molecule has 0 saturated carbocycles. The summed E-state index contributed by atoms with van der Waals surface area (Å²) < 4.78 is 20.3. The van der Waals surface area contributed by atoms with Crippen molar-refractivity contribution in [3.8, 4) is 11.1 Å². The molecule has 242 valence electrons. The molecule has 9 rings (SSSR count). The second-order valence-corrected chi connectivity index (χ2v) is 15.8. The van der Waals surface area contributed by atoms with Gasteiger partial charge in [-0.3, -0.25) is 13.9 Å². The van der Waals surface area contributed by atoms with Gasteiger partial charge in [0.05, 0.1) is 22.4 Å². The highest BCUT2D eigenvalue weighted by Crippen LogP contribution is 2.70. The van der Waals surface area contributed by atoms with Gasteiger partial charge in [-0.05, 0) is 89.5 Å². The molecule has 7 aromatic rings. The van der Waals surface area contributed by atoms with E-state index in [0.717, 1.165) is 45.1 Å². The van der Waals surface area contributed by atoms with Crippen LogP contribution in [0.5, 0.6) is 0 Å². The first-order valence-electron chi connectivity index (χ1n) is 17.1. The van der Waals surface area contributed by atoms with Crippen LogP contribution < -0.4 is 19.5 Å². The zero-order valence-electron chi connectivity index (χ0n) is 28.0. The average Bonchev–Trinajstić information content (AvgIpc) is 3.58. The van der Waals surface area contributed by atoms with Gasteiger partial charge in [0.1, 0.15) is 0 Å². The van der Waals surface area contributed by atoms with Crippen molar-refractivity contribution in [2.24, 2.45) is 0 Å². The first-order valence-corrected chi connectivity index (χ1v) is 18.7. The van der Waals surface area contributed by atoms with Gasteiger partial charge in [0, 0.05) is 33.7 Å². The second-order valence-electron chi connectivity index (χ2n) is 13.4. The zero-order chi connectivity index (χ0) is 33.9. The van der Waals surface area contributed by atoms with Crippen LogP contribution in [0.3, 0.4) is 0 Å². The van der Waals surface area contributed by atoms with Crippen LogP contribution in [0.15, 0.2) is 182 Å². The van der Waals surface area contributed by atoms with Crippen LogP contribution in [0, 0.1) is 0 Å². The van der Waals surface area contributed by atoms with Gasteiger partial charge in [0.25, 0.3) is 0 Å². The number of fused-ring (bicyclic) bond motifs is 4. The van der Waals surface area contributed by atoms with Crippen LogP contribution in [-0.2, 0) is 9.98 Å². The van der Waals surface area contributed by atoms with Crippen molar-refractivity contribution in [1.29, 1.82) is 0 Å². The second kappa shape index (κ2) is 11.7. The summed E-state index contributed by atoms with van der Waals surface area (Å²) in [6, 6.07) is 62.8. The van der Waals surface area contributed by atoms with Crippen molar-refractivity contribution in [3.63, 3.8) is 0 Å². The molecule has 0 amide bonds. The molecule has 1 aliphatic carbocycles. The van der Waals surface area contributed by atoms with E-state index in [1.54, 1.807) is 0 Å². The van der Waals surface area contributed by atoms with Gasteiger partial charge in [-0.15, -0.1) is 0 Å². The summed E-state index contributed by atoms with van der Waals surface area (Å²) in [5, 5.41) is 0.769. The Kier molecular flexibility index (Phi) is 7.05. The van der Waals surface area contributed by atoms with E-state index in [-0.39, 0.29) is 5.41 Å². The van der Waals surface area contributed by atoms with E-state index in [1.807, 2.05) is 78.9 Å². The zero-order valence-corrected chi connectivity index (χ0v) is 28.9. The number of rotatable bonds is 6. The van der Waals surface area contributed by atoms with Crippen LogP contribution in [0.25, 0.3) is 11.1 Å². The fraction of sp³-hybridized carbons (Fsp3) is 0.0667. The third-order valence-corrected chi connectivity index (χ3v) is 13.1. The minimum atomic E-state index is -3.49. The number of anilines is 7. The Bertz CT molecular complexity index is 2400. The molecule has 7 aromatic carbocycles. The molecule has 1 atom stereocenters. The number of hydrogen-bond acceptors (Lipinski definition) is 2. The van der Waals surface area contributed by atoms with Crippen molar-refractivity contribution >= 4 is 52.6 Å². The SMILES string of the molecule is CC1(C)c2ccccc2-c2c(N(c3ccccc3)c3ccc4c(c3)N(c3ccccc3)P(=O)(c3ccccc3)N4c3ccccc3)cccc21. The summed E-state index contributed by atoms with van der Waals surface area (Å²) in [6.07, 6.45) is 0. The van der Waals surface area contributed by atoms with Gasteiger partial charge in [0.2, 0.25) is 0 Å². The quantitative estimate of drug-likeness (QED) is 0.165. The molecule has 2 aliphatic rings. The lowest BCUT2D eigenvalue weighted by Gasteiger charge is -2.33. The minimum absolute atomic E-state index is 0.134. The number of nitrogens with zero attached hydrogens (tertiary/aromatic N) is 3. The van der Waals surface area contributed by atoms with Crippen LogP contribution in [0.1, 0.15) is 25.0 Å². The Morgan fingerprint density at radius 2 is 1.04 bits per heavy atom. The molecule has 1 aliphatic heterocycles. The Morgan fingerprint density at radius 3 is 1.70 bits per heavy atom. The monoisotopic (exact) mass is 665 g/mol. The molecule has 0 bridgehead atoms. The van der Waals surface area contributed by atoms with E-state index in [0.29, 0.717) is 0 Å². The molecule has 1 unspecified atom stereocenters. The summed E-state index contributed by atoms with van der Waals surface area (Å²) in [6.45, 7) is 4.64. The predicted octanol–water partition coefficient (Wildman–Crippen LogP) is 12.3. The first kappa shape index (κ1) is 30.2. The van der Waals surface area contributed by atoms with E-state index in [9.17, 15) is 0 Å². The van der Waals surface area contributed by atoms with E-state index in [1.165, 1.54) is 22.3 Å². The third-order valence-electron chi connectivity index (χ3n) is 10.2. The van der Waals surface area contributed by atoms with E-state index in [4.69, 9.17) is 0 Å². The topological polar surface area (TPSA) is 26.8 Å². The molecule has 4 nitrogen and oxygen atoms in total. The normalized spacial score (nSPS) is 16.8. The van der Waals surface area contributed by atoms with Crippen LogP contribution in [0.4, 0.5) is 39.8 Å². The molecule has 0 saturated heterocycles. The molecule has 0 radical (unpaired) electrons. The number of para-hydroxylation sites is 3. The first-order chi connectivity index (χ1) is 24.5. The van der Waals surface area contributed by atoms with Gasteiger partial charge in [-0.1, -0.05) is 123 Å². The van der Waals surface area contributed by atoms with Crippen molar-refractivity contribution < 1.29 is 4.57 Å². The average molecular weight is 666 g/mol. The highest BCUT2D eigenvalue weighted by Gasteiger charge is 2.49. The smallest absolute Gasteiger partial charge is 0.301 e. The molecule has 0 N–H and O–H groups in total. The Hall–Kier alpha value is -5.83. The van der Waals surface area contributed by atoms with Crippen molar-refractivity contribution in [2.45, 2.75) is 19.3 Å². The molecule has 5 heteroatoms. The third kappa shape index (κ3) is 4.49. The van der Waals surface area contributed by atoms with E-state index < -0.39 is 7.44 Å².